The molecule has 0 unspecified atom stereocenters. The number of thioether (sulfide) groups is 1. The van der Waals surface area contributed by atoms with Crippen molar-refractivity contribution in [2.45, 2.75) is 4.90 Å². The second kappa shape index (κ2) is 5.55. The third kappa shape index (κ3) is 2.62. The van der Waals surface area contributed by atoms with E-state index in [1.807, 2.05) is 24.5 Å². The molecule has 2 rings (SSSR count). The van der Waals surface area contributed by atoms with Crippen molar-refractivity contribution in [3.8, 4) is 11.5 Å². The van der Waals surface area contributed by atoms with Crippen LogP contribution in [-0.4, -0.2) is 11.2 Å². The predicted octanol–water partition coefficient (Wildman–Crippen LogP) is 4.11. The average molecular weight is 261 g/mol. The second-order valence-corrected chi connectivity index (χ2v) is 4.33. The molecule has 0 saturated heterocycles. The normalized spacial score (nSPS) is 10.1. The smallest absolute Gasteiger partial charge is 0.311 e. The number of nitrogens with zero attached hydrogens (tertiary/aromatic N) is 1. The van der Waals surface area contributed by atoms with Gasteiger partial charge in [-0.25, -0.2) is 0 Å². The van der Waals surface area contributed by atoms with Gasteiger partial charge >= 0.3 is 5.69 Å². The Balaban J connectivity index is 2.37. The van der Waals surface area contributed by atoms with Gasteiger partial charge in [0.1, 0.15) is 5.75 Å². The van der Waals surface area contributed by atoms with E-state index in [0.29, 0.717) is 5.75 Å². The van der Waals surface area contributed by atoms with Crippen LogP contribution in [-0.2, 0) is 0 Å². The third-order valence-electron chi connectivity index (χ3n) is 2.35. The lowest BCUT2D eigenvalue weighted by Crippen LogP contribution is -1.93. The van der Waals surface area contributed by atoms with Crippen LogP contribution in [0.4, 0.5) is 5.69 Å². The standard InChI is InChI=1S/C13H11NO3S/c1-18-13-9-5-4-8-12(13)17-11-7-3-2-6-10(11)14(15)16/h2-9H,1H3. The highest BCUT2D eigenvalue weighted by atomic mass is 32.2. The van der Waals surface area contributed by atoms with Crippen LogP contribution in [0.1, 0.15) is 0 Å². The molecule has 0 N–H and O–H groups in total. The first kappa shape index (κ1) is 12.4. The Morgan fingerprint density at radius 1 is 1.06 bits per heavy atom. The van der Waals surface area contributed by atoms with Gasteiger partial charge in [0.05, 0.1) is 4.92 Å². The largest absolute Gasteiger partial charge is 0.449 e. The van der Waals surface area contributed by atoms with Crippen molar-refractivity contribution < 1.29 is 9.66 Å². The van der Waals surface area contributed by atoms with Gasteiger partial charge in [-0.2, -0.15) is 0 Å². The third-order valence-corrected chi connectivity index (χ3v) is 3.13. The molecule has 2 aromatic rings. The Labute approximate surface area is 109 Å². The molecule has 2 aromatic carbocycles. The fourth-order valence-corrected chi connectivity index (χ4v) is 2.04. The molecule has 18 heavy (non-hydrogen) atoms. The maximum absolute atomic E-state index is 10.9. The SMILES string of the molecule is CSc1ccccc1Oc1ccccc1[N+](=O)[O-]. The van der Waals surface area contributed by atoms with E-state index < -0.39 is 4.92 Å². The Kier molecular flexibility index (Phi) is 3.84. The fourth-order valence-electron chi connectivity index (χ4n) is 1.52. The molecule has 0 aliphatic heterocycles. The molecule has 0 aliphatic rings. The van der Waals surface area contributed by atoms with E-state index in [0.717, 1.165) is 4.90 Å². The number of para-hydroxylation sites is 3. The van der Waals surface area contributed by atoms with Gasteiger partial charge in [0.15, 0.2) is 0 Å². The molecule has 0 spiro atoms. The first-order valence-electron chi connectivity index (χ1n) is 5.26. The molecule has 0 bridgehead atoms. The number of nitro benzene ring substituents is 1. The van der Waals surface area contributed by atoms with Crippen LogP contribution in [0, 0.1) is 10.1 Å². The van der Waals surface area contributed by atoms with Crippen LogP contribution in [0.5, 0.6) is 11.5 Å². The highest BCUT2D eigenvalue weighted by Gasteiger charge is 2.15. The van der Waals surface area contributed by atoms with Gasteiger partial charge in [-0.15, -0.1) is 11.8 Å². The molecule has 0 saturated carbocycles. The number of hydrogen-bond donors (Lipinski definition) is 0. The molecule has 0 aliphatic carbocycles. The molecular formula is C13H11NO3S. The maximum atomic E-state index is 10.9. The molecule has 4 nitrogen and oxygen atoms in total. The second-order valence-electron chi connectivity index (χ2n) is 3.48. The highest BCUT2D eigenvalue weighted by molar-refractivity contribution is 7.98. The molecular weight excluding hydrogens is 250 g/mol. The molecule has 0 atom stereocenters. The average Bonchev–Trinajstić information content (AvgIpc) is 2.40. The van der Waals surface area contributed by atoms with E-state index in [1.54, 1.807) is 24.3 Å². The zero-order chi connectivity index (χ0) is 13.0. The van der Waals surface area contributed by atoms with Crippen molar-refractivity contribution in [1.82, 2.24) is 0 Å². The zero-order valence-corrected chi connectivity index (χ0v) is 10.5. The highest BCUT2D eigenvalue weighted by Crippen LogP contribution is 2.35. The summed E-state index contributed by atoms with van der Waals surface area (Å²) in [6.07, 6.45) is 1.93. The van der Waals surface area contributed by atoms with Gasteiger partial charge in [-0.05, 0) is 24.5 Å². The topological polar surface area (TPSA) is 52.4 Å². The quantitative estimate of drug-likeness (QED) is 0.472. The van der Waals surface area contributed by atoms with Crippen molar-refractivity contribution in [2.24, 2.45) is 0 Å². The van der Waals surface area contributed by atoms with E-state index in [1.165, 1.54) is 17.8 Å². The molecule has 0 radical (unpaired) electrons. The molecule has 0 heterocycles. The van der Waals surface area contributed by atoms with Crippen LogP contribution < -0.4 is 4.74 Å². The van der Waals surface area contributed by atoms with E-state index >= 15 is 0 Å². The Bertz CT molecular complexity index is 572. The van der Waals surface area contributed by atoms with Crippen molar-refractivity contribution in [3.05, 3.63) is 58.6 Å². The predicted molar refractivity (Wildman–Crippen MR) is 71.4 cm³/mol. The molecule has 0 amide bonds. The van der Waals surface area contributed by atoms with Crippen LogP contribution >= 0.6 is 11.8 Å². The number of nitro groups is 1. The Morgan fingerprint density at radius 2 is 1.67 bits per heavy atom. The number of hydrogen-bond acceptors (Lipinski definition) is 4. The van der Waals surface area contributed by atoms with Gasteiger partial charge in [0.25, 0.3) is 0 Å². The summed E-state index contributed by atoms with van der Waals surface area (Å²) in [6, 6.07) is 13.8. The van der Waals surface area contributed by atoms with Crippen molar-refractivity contribution in [2.75, 3.05) is 6.26 Å². The van der Waals surface area contributed by atoms with Gasteiger partial charge in [0.2, 0.25) is 5.75 Å². The monoisotopic (exact) mass is 261 g/mol. The van der Waals surface area contributed by atoms with Gasteiger partial charge in [-0.3, -0.25) is 10.1 Å². The van der Waals surface area contributed by atoms with E-state index in [9.17, 15) is 10.1 Å². The summed E-state index contributed by atoms with van der Waals surface area (Å²) in [5, 5.41) is 10.9. The first-order chi connectivity index (χ1) is 8.72. The molecule has 0 aromatic heterocycles. The summed E-state index contributed by atoms with van der Waals surface area (Å²) in [6.45, 7) is 0. The summed E-state index contributed by atoms with van der Waals surface area (Å²) >= 11 is 1.53. The van der Waals surface area contributed by atoms with Crippen LogP contribution in [0.3, 0.4) is 0 Å². The molecule has 92 valence electrons. The van der Waals surface area contributed by atoms with Crippen molar-refractivity contribution in [1.29, 1.82) is 0 Å². The number of benzene rings is 2. The molecule has 0 fully saturated rings. The van der Waals surface area contributed by atoms with Gasteiger partial charge in [0, 0.05) is 11.0 Å². The summed E-state index contributed by atoms with van der Waals surface area (Å²) in [4.78, 5) is 11.4. The molecule has 5 heteroatoms. The van der Waals surface area contributed by atoms with E-state index in [-0.39, 0.29) is 11.4 Å². The summed E-state index contributed by atoms with van der Waals surface area (Å²) < 4.78 is 5.63. The minimum absolute atomic E-state index is 0.0339. The zero-order valence-electron chi connectivity index (χ0n) is 9.70. The van der Waals surface area contributed by atoms with E-state index in [2.05, 4.69) is 0 Å². The van der Waals surface area contributed by atoms with E-state index in [4.69, 9.17) is 4.74 Å². The summed E-state index contributed by atoms with van der Waals surface area (Å²) in [5.74, 6) is 0.878. The van der Waals surface area contributed by atoms with Crippen LogP contribution in [0.15, 0.2) is 53.4 Å². The van der Waals surface area contributed by atoms with Gasteiger partial charge in [-0.1, -0.05) is 24.3 Å². The first-order valence-corrected chi connectivity index (χ1v) is 6.49. The maximum Gasteiger partial charge on any atom is 0.311 e. The lowest BCUT2D eigenvalue weighted by atomic mass is 10.3. The van der Waals surface area contributed by atoms with Gasteiger partial charge < -0.3 is 4.74 Å². The number of rotatable bonds is 4. The van der Waals surface area contributed by atoms with Crippen molar-refractivity contribution in [3.63, 3.8) is 0 Å². The summed E-state index contributed by atoms with van der Waals surface area (Å²) in [5.41, 5.74) is -0.0339. The lowest BCUT2D eigenvalue weighted by Gasteiger charge is -2.09. The lowest BCUT2D eigenvalue weighted by molar-refractivity contribution is -0.385. The van der Waals surface area contributed by atoms with Crippen LogP contribution in [0.2, 0.25) is 0 Å². The summed E-state index contributed by atoms with van der Waals surface area (Å²) in [7, 11) is 0. The Hall–Kier alpha value is -2.01. The Morgan fingerprint density at radius 3 is 2.33 bits per heavy atom. The number of ether oxygens (including phenoxy) is 1. The minimum Gasteiger partial charge on any atom is -0.449 e. The van der Waals surface area contributed by atoms with Crippen molar-refractivity contribution >= 4 is 17.4 Å². The minimum atomic E-state index is -0.447. The fraction of sp³-hybridized carbons (Fsp3) is 0.0769. The van der Waals surface area contributed by atoms with Crippen LogP contribution in [0.25, 0.3) is 0 Å².